The Morgan fingerprint density at radius 1 is 1.22 bits per heavy atom. The SMILES string of the molecule is CCN1OC1(CC)CC. The topological polar surface area (TPSA) is 15.5 Å². The Morgan fingerprint density at radius 3 is 1.89 bits per heavy atom. The molecule has 1 fully saturated rings. The third-order valence-corrected chi connectivity index (χ3v) is 2.09. The Morgan fingerprint density at radius 2 is 1.78 bits per heavy atom. The van der Waals surface area contributed by atoms with Gasteiger partial charge in [0.25, 0.3) is 0 Å². The van der Waals surface area contributed by atoms with E-state index in [9.17, 15) is 0 Å². The zero-order valence-electron chi connectivity index (χ0n) is 6.48. The van der Waals surface area contributed by atoms with Crippen molar-refractivity contribution in [3.63, 3.8) is 0 Å². The molecule has 1 heterocycles. The van der Waals surface area contributed by atoms with E-state index in [1.54, 1.807) is 0 Å². The second-order valence-electron chi connectivity index (χ2n) is 2.44. The predicted octanol–water partition coefficient (Wildman–Crippen LogP) is 1.77. The molecule has 9 heavy (non-hydrogen) atoms. The van der Waals surface area contributed by atoms with Crippen LogP contribution in [0, 0.1) is 0 Å². The highest BCUT2D eigenvalue weighted by Gasteiger charge is 2.50. The summed E-state index contributed by atoms with van der Waals surface area (Å²) >= 11 is 0. The maximum absolute atomic E-state index is 5.39. The molecule has 0 amide bonds. The summed E-state index contributed by atoms with van der Waals surface area (Å²) in [6.07, 6.45) is 2.22. The van der Waals surface area contributed by atoms with Crippen LogP contribution in [0.3, 0.4) is 0 Å². The first-order chi connectivity index (χ1) is 4.29. The van der Waals surface area contributed by atoms with E-state index in [1.165, 1.54) is 0 Å². The maximum Gasteiger partial charge on any atom is 0.164 e. The highest BCUT2D eigenvalue weighted by molar-refractivity contribution is 4.83. The second kappa shape index (κ2) is 2.27. The first kappa shape index (κ1) is 7.03. The van der Waals surface area contributed by atoms with Crippen molar-refractivity contribution in [3.05, 3.63) is 0 Å². The lowest BCUT2D eigenvalue weighted by Crippen LogP contribution is -2.15. The molecule has 1 aliphatic heterocycles. The van der Waals surface area contributed by atoms with Gasteiger partial charge in [0.15, 0.2) is 5.72 Å². The molecule has 1 rings (SSSR count). The first-order valence-electron chi connectivity index (χ1n) is 3.75. The molecule has 0 radical (unpaired) electrons. The number of nitrogens with zero attached hydrogens (tertiary/aromatic N) is 1. The molecule has 0 aliphatic carbocycles. The van der Waals surface area contributed by atoms with Gasteiger partial charge in [-0.2, -0.15) is 5.06 Å². The molecule has 0 N–H and O–H groups in total. The molecule has 1 aliphatic rings. The third-order valence-electron chi connectivity index (χ3n) is 2.09. The molecule has 0 spiro atoms. The van der Waals surface area contributed by atoms with Gasteiger partial charge in [-0.05, 0) is 19.8 Å². The minimum Gasteiger partial charge on any atom is -0.272 e. The van der Waals surface area contributed by atoms with Gasteiger partial charge in [-0.25, -0.2) is 0 Å². The van der Waals surface area contributed by atoms with Gasteiger partial charge >= 0.3 is 0 Å². The van der Waals surface area contributed by atoms with Crippen LogP contribution in [-0.4, -0.2) is 17.3 Å². The molecule has 54 valence electrons. The minimum absolute atomic E-state index is 0.134. The van der Waals surface area contributed by atoms with Crippen LogP contribution in [0.25, 0.3) is 0 Å². The Balaban J connectivity index is 2.37. The van der Waals surface area contributed by atoms with Gasteiger partial charge in [0.2, 0.25) is 0 Å². The van der Waals surface area contributed by atoms with E-state index in [0.29, 0.717) is 0 Å². The normalized spacial score (nSPS) is 30.3. The molecular weight excluding hydrogens is 114 g/mol. The average Bonchev–Trinajstić information content (AvgIpc) is 2.63. The van der Waals surface area contributed by atoms with Gasteiger partial charge in [0.05, 0.1) is 0 Å². The quantitative estimate of drug-likeness (QED) is 0.540. The van der Waals surface area contributed by atoms with E-state index in [0.717, 1.165) is 19.4 Å². The summed E-state index contributed by atoms with van der Waals surface area (Å²) in [5, 5.41) is 2.05. The molecule has 0 aromatic carbocycles. The number of hydroxylamine groups is 2. The Kier molecular flexibility index (Phi) is 1.78. The van der Waals surface area contributed by atoms with Crippen molar-refractivity contribution in [2.45, 2.75) is 39.3 Å². The zero-order valence-corrected chi connectivity index (χ0v) is 6.48. The lowest BCUT2D eigenvalue weighted by Gasteiger charge is -2.02. The summed E-state index contributed by atoms with van der Waals surface area (Å²) in [6, 6.07) is 0. The lowest BCUT2D eigenvalue weighted by molar-refractivity contribution is 0.197. The van der Waals surface area contributed by atoms with Gasteiger partial charge in [0, 0.05) is 6.54 Å². The molecule has 1 atom stereocenters. The van der Waals surface area contributed by atoms with Crippen LogP contribution in [-0.2, 0) is 4.84 Å². The molecule has 1 unspecified atom stereocenters. The van der Waals surface area contributed by atoms with Crippen molar-refractivity contribution in [1.82, 2.24) is 5.06 Å². The van der Waals surface area contributed by atoms with Crippen molar-refractivity contribution in [2.24, 2.45) is 0 Å². The molecule has 1 saturated heterocycles. The maximum atomic E-state index is 5.39. The Bertz CT molecular complexity index is 99.1. The largest absolute Gasteiger partial charge is 0.272 e. The monoisotopic (exact) mass is 129 g/mol. The van der Waals surface area contributed by atoms with Gasteiger partial charge in [-0.3, -0.25) is 4.84 Å². The standard InChI is InChI=1S/C7H15NO/c1-4-7(5-2)8(6-3)9-7/h4-6H2,1-3H3. The van der Waals surface area contributed by atoms with Gasteiger partial charge < -0.3 is 0 Å². The second-order valence-corrected chi connectivity index (χ2v) is 2.44. The first-order valence-corrected chi connectivity index (χ1v) is 3.75. The summed E-state index contributed by atoms with van der Waals surface area (Å²) in [5.41, 5.74) is 0.134. The minimum atomic E-state index is 0.134. The van der Waals surface area contributed by atoms with E-state index in [1.807, 2.05) is 5.06 Å². The zero-order chi connectivity index (χ0) is 6.91. The van der Waals surface area contributed by atoms with Crippen molar-refractivity contribution < 1.29 is 4.84 Å². The number of hydrogen-bond donors (Lipinski definition) is 0. The van der Waals surface area contributed by atoms with Crippen LogP contribution in [0.15, 0.2) is 0 Å². The van der Waals surface area contributed by atoms with Crippen molar-refractivity contribution in [1.29, 1.82) is 0 Å². The molecule has 0 saturated carbocycles. The van der Waals surface area contributed by atoms with Gasteiger partial charge in [0.1, 0.15) is 0 Å². The van der Waals surface area contributed by atoms with E-state index < -0.39 is 0 Å². The third kappa shape index (κ3) is 0.970. The van der Waals surface area contributed by atoms with Crippen LogP contribution in [0.4, 0.5) is 0 Å². The smallest absolute Gasteiger partial charge is 0.164 e. The summed E-state index contributed by atoms with van der Waals surface area (Å²) in [6.45, 7) is 7.47. The van der Waals surface area contributed by atoms with Crippen LogP contribution in [0.1, 0.15) is 33.6 Å². The summed E-state index contributed by atoms with van der Waals surface area (Å²) < 4.78 is 0. The van der Waals surface area contributed by atoms with Crippen molar-refractivity contribution >= 4 is 0 Å². The Hall–Kier alpha value is -0.0800. The van der Waals surface area contributed by atoms with Crippen molar-refractivity contribution in [3.8, 4) is 0 Å². The van der Waals surface area contributed by atoms with Gasteiger partial charge in [-0.1, -0.05) is 13.8 Å². The number of hydrogen-bond acceptors (Lipinski definition) is 2. The lowest BCUT2D eigenvalue weighted by atomic mass is 10.1. The van der Waals surface area contributed by atoms with E-state index in [4.69, 9.17) is 4.84 Å². The summed E-state index contributed by atoms with van der Waals surface area (Å²) in [7, 11) is 0. The van der Waals surface area contributed by atoms with Crippen LogP contribution in [0.2, 0.25) is 0 Å². The van der Waals surface area contributed by atoms with E-state index in [-0.39, 0.29) is 5.72 Å². The van der Waals surface area contributed by atoms with Crippen LogP contribution >= 0.6 is 0 Å². The fourth-order valence-electron chi connectivity index (χ4n) is 1.27. The molecule has 0 aromatic heterocycles. The molecule has 0 aromatic rings. The molecule has 2 nitrogen and oxygen atoms in total. The van der Waals surface area contributed by atoms with Crippen LogP contribution < -0.4 is 0 Å². The molecular formula is C7H15NO. The Labute approximate surface area is 56.8 Å². The van der Waals surface area contributed by atoms with E-state index >= 15 is 0 Å². The predicted molar refractivity (Wildman–Crippen MR) is 36.8 cm³/mol. The van der Waals surface area contributed by atoms with Crippen LogP contribution in [0.5, 0.6) is 0 Å². The molecule has 0 bridgehead atoms. The highest BCUT2D eigenvalue weighted by Crippen LogP contribution is 2.39. The van der Waals surface area contributed by atoms with Crippen molar-refractivity contribution in [2.75, 3.05) is 6.54 Å². The summed E-state index contributed by atoms with van der Waals surface area (Å²) in [5.74, 6) is 0. The average molecular weight is 129 g/mol. The molecule has 2 heteroatoms. The summed E-state index contributed by atoms with van der Waals surface area (Å²) in [4.78, 5) is 5.39. The number of rotatable bonds is 3. The fraction of sp³-hybridized carbons (Fsp3) is 1.00. The van der Waals surface area contributed by atoms with Gasteiger partial charge in [-0.15, -0.1) is 0 Å². The fourth-order valence-corrected chi connectivity index (χ4v) is 1.27. The van der Waals surface area contributed by atoms with E-state index in [2.05, 4.69) is 20.8 Å². The highest BCUT2D eigenvalue weighted by atomic mass is 16.9.